The van der Waals surface area contributed by atoms with Gasteiger partial charge >= 0.3 is 0 Å². The van der Waals surface area contributed by atoms with Gasteiger partial charge in [0.05, 0.1) is 4.90 Å². The number of nitrogens with zero attached hydrogens (tertiary/aromatic N) is 1. The highest BCUT2D eigenvalue weighted by molar-refractivity contribution is 14.1. The second-order valence-corrected chi connectivity index (χ2v) is 6.71. The molecule has 0 saturated carbocycles. The normalized spacial score (nSPS) is 12.0. The number of hydrogen-bond donors (Lipinski definition) is 1. The molecule has 0 aliphatic rings. The first-order valence-corrected chi connectivity index (χ1v) is 7.42. The zero-order chi connectivity index (χ0) is 12.2. The Bertz CT molecular complexity index is 431. The van der Waals surface area contributed by atoms with Gasteiger partial charge in [-0.2, -0.15) is 0 Å². The van der Waals surface area contributed by atoms with Crippen LogP contribution in [0.1, 0.15) is 6.42 Å². The van der Waals surface area contributed by atoms with Crippen LogP contribution in [0.2, 0.25) is 0 Å². The Hall–Kier alpha value is -0.180. The molecule has 0 aliphatic carbocycles. The molecule has 0 fully saturated rings. The summed E-state index contributed by atoms with van der Waals surface area (Å²) in [5.74, 6) is 0. The molecule has 0 amide bonds. The predicted molar refractivity (Wildman–Crippen MR) is 72.6 cm³/mol. The van der Waals surface area contributed by atoms with Gasteiger partial charge in [0, 0.05) is 17.2 Å². The van der Waals surface area contributed by atoms with Crippen molar-refractivity contribution in [3.05, 3.63) is 27.8 Å². The summed E-state index contributed by atoms with van der Waals surface area (Å²) in [5, 5.41) is 0. The summed E-state index contributed by atoms with van der Waals surface area (Å²) in [6.07, 6.45) is 0.667. The average Bonchev–Trinajstić information content (AvgIpc) is 2.26. The Morgan fingerprint density at radius 3 is 2.38 bits per heavy atom. The fourth-order valence-electron chi connectivity index (χ4n) is 1.22. The molecule has 0 heterocycles. The van der Waals surface area contributed by atoms with Crippen molar-refractivity contribution in [1.29, 1.82) is 0 Å². The zero-order valence-corrected chi connectivity index (χ0v) is 12.0. The van der Waals surface area contributed by atoms with Crippen molar-refractivity contribution < 1.29 is 8.42 Å². The van der Waals surface area contributed by atoms with Crippen LogP contribution in [-0.4, -0.2) is 32.9 Å². The van der Waals surface area contributed by atoms with Crippen molar-refractivity contribution in [3.63, 3.8) is 0 Å². The van der Waals surface area contributed by atoms with Crippen molar-refractivity contribution in [1.82, 2.24) is 4.31 Å². The third kappa shape index (κ3) is 3.41. The van der Waals surface area contributed by atoms with E-state index < -0.39 is 10.0 Å². The Morgan fingerprint density at radius 2 is 1.88 bits per heavy atom. The lowest BCUT2D eigenvalue weighted by Crippen LogP contribution is -2.29. The van der Waals surface area contributed by atoms with Gasteiger partial charge in [-0.3, -0.25) is 0 Å². The Kier molecular flexibility index (Phi) is 5.16. The quantitative estimate of drug-likeness (QED) is 0.810. The first-order valence-electron chi connectivity index (χ1n) is 4.90. The fourth-order valence-corrected chi connectivity index (χ4v) is 2.79. The predicted octanol–water partition coefficient (Wildman–Crippen LogP) is 1.26. The lowest BCUT2D eigenvalue weighted by Gasteiger charge is -2.16. The molecule has 1 rings (SSSR count). The monoisotopic (exact) mass is 354 g/mol. The van der Waals surface area contributed by atoms with Gasteiger partial charge in [0.15, 0.2) is 0 Å². The third-order valence-corrected chi connectivity index (χ3v) is 4.79. The van der Waals surface area contributed by atoms with Gasteiger partial charge in [-0.15, -0.1) is 0 Å². The molecule has 0 saturated heterocycles. The van der Waals surface area contributed by atoms with Gasteiger partial charge in [-0.25, -0.2) is 12.7 Å². The van der Waals surface area contributed by atoms with Crippen LogP contribution >= 0.6 is 22.6 Å². The van der Waals surface area contributed by atoms with E-state index in [4.69, 9.17) is 5.73 Å². The van der Waals surface area contributed by atoms with E-state index in [9.17, 15) is 8.42 Å². The van der Waals surface area contributed by atoms with E-state index in [0.29, 0.717) is 24.4 Å². The molecule has 2 N–H and O–H groups in total. The van der Waals surface area contributed by atoms with Gasteiger partial charge < -0.3 is 5.73 Å². The molecule has 0 aliphatic heterocycles. The number of rotatable bonds is 5. The van der Waals surface area contributed by atoms with E-state index in [0.717, 1.165) is 3.57 Å². The maximum Gasteiger partial charge on any atom is 0.242 e. The third-order valence-electron chi connectivity index (χ3n) is 2.20. The zero-order valence-electron chi connectivity index (χ0n) is 9.06. The Balaban J connectivity index is 2.89. The van der Waals surface area contributed by atoms with Crippen molar-refractivity contribution in [2.24, 2.45) is 5.73 Å². The van der Waals surface area contributed by atoms with E-state index >= 15 is 0 Å². The van der Waals surface area contributed by atoms with E-state index in [-0.39, 0.29) is 0 Å². The smallest absolute Gasteiger partial charge is 0.242 e. The molecule has 0 bridgehead atoms. The molecule has 6 heteroatoms. The number of benzene rings is 1. The minimum atomic E-state index is -3.35. The minimum Gasteiger partial charge on any atom is -0.330 e. The second-order valence-electron chi connectivity index (χ2n) is 3.42. The summed E-state index contributed by atoms with van der Waals surface area (Å²) in [7, 11) is -1.78. The van der Waals surface area contributed by atoms with E-state index in [1.807, 2.05) is 0 Å². The molecule has 90 valence electrons. The van der Waals surface area contributed by atoms with E-state index in [1.165, 1.54) is 4.31 Å². The number of nitrogens with two attached hydrogens (primary N) is 1. The highest BCUT2D eigenvalue weighted by Gasteiger charge is 2.19. The molecule has 4 nitrogen and oxygen atoms in total. The molecule has 16 heavy (non-hydrogen) atoms. The standard InChI is InChI=1S/C10H15IN2O2S/c1-13(8-2-7-12)16(14,15)10-5-3-9(11)4-6-10/h3-6H,2,7-8,12H2,1H3. The molecule has 0 atom stereocenters. The first-order chi connectivity index (χ1) is 7.48. The van der Waals surface area contributed by atoms with Gasteiger partial charge in [0.1, 0.15) is 0 Å². The SMILES string of the molecule is CN(CCCN)S(=O)(=O)c1ccc(I)cc1. The molecule has 0 unspecified atom stereocenters. The lowest BCUT2D eigenvalue weighted by atomic mass is 10.4. The van der Waals surface area contributed by atoms with Gasteiger partial charge in [-0.05, 0) is 59.8 Å². The van der Waals surface area contributed by atoms with Crippen LogP contribution in [0, 0.1) is 3.57 Å². The maximum atomic E-state index is 12.0. The van der Waals surface area contributed by atoms with E-state index in [2.05, 4.69) is 22.6 Å². The Labute approximate surface area is 110 Å². The highest BCUT2D eigenvalue weighted by atomic mass is 127. The number of sulfonamides is 1. The summed E-state index contributed by atoms with van der Waals surface area (Å²) in [5.41, 5.74) is 5.36. The van der Waals surface area contributed by atoms with Crippen LogP contribution in [-0.2, 0) is 10.0 Å². The molecule has 0 radical (unpaired) electrons. The van der Waals surface area contributed by atoms with Crippen LogP contribution in [0.5, 0.6) is 0 Å². The summed E-state index contributed by atoms with van der Waals surface area (Å²) >= 11 is 2.14. The molecule has 0 aromatic heterocycles. The Morgan fingerprint density at radius 1 is 1.31 bits per heavy atom. The van der Waals surface area contributed by atoms with Gasteiger partial charge in [-0.1, -0.05) is 0 Å². The van der Waals surface area contributed by atoms with Crippen LogP contribution in [0.3, 0.4) is 0 Å². The summed E-state index contributed by atoms with van der Waals surface area (Å²) in [6, 6.07) is 6.81. The van der Waals surface area contributed by atoms with Gasteiger partial charge in [0.25, 0.3) is 0 Å². The van der Waals surface area contributed by atoms with E-state index in [1.54, 1.807) is 31.3 Å². The van der Waals surface area contributed by atoms with Crippen molar-refractivity contribution in [2.75, 3.05) is 20.1 Å². The largest absolute Gasteiger partial charge is 0.330 e. The molecular formula is C10H15IN2O2S. The minimum absolute atomic E-state index is 0.326. The van der Waals surface area contributed by atoms with Crippen molar-refractivity contribution >= 4 is 32.6 Å². The first kappa shape index (κ1) is 13.9. The number of hydrogen-bond acceptors (Lipinski definition) is 3. The van der Waals surface area contributed by atoms with Crippen LogP contribution in [0.15, 0.2) is 29.2 Å². The van der Waals surface area contributed by atoms with Crippen LogP contribution in [0.25, 0.3) is 0 Å². The van der Waals surface area contributed by atoms with Crippen molar-refractivity contribution in [2.45, 2.75) is 11.3 Å². The topological polar surface area (TPSA) is 63.4 Å². The highest BCUT2D eigenvalue weighted by Crippen LogP contribution is 2.16. The summed E-state index contributed by atoms with van der Waals surface area (Å²) < 4.78 is 26.4. The van der Waals surface area contributed by atoms with Gasteiger partial charge in [0.2, 0.25) is 10.0 Å². The van der Waals surface area contributed by atoms with Crippen molar-refractivity contribution in [3.8, 4) is 0 Å². The average molecular weight is 354 g/mol. The second kappa shape index (κ2) is 5.95. The summed E-state index contributed by atoms with van der Waals surface area (Å²) in [6.45, 7) is 0.942. The molecular weight excluding hydrogens is 339 g/mol. The molecule has 1 aromatic rings. The summed E-state index contributed by atoms with van der Waals surface area (Å²) in [4.78, 5) is 0.326. The van der Waals surface area contributed by atoms with Crippen LogP contribution in [0.4, 0.5) is 0 Å². The number of halogens is 1. The fraction of sp³-hybridized carbons (Fsp3) is 0.400. The molecule has 0 spiro atoms. The van der Waals surface area contributed by atoms with Crippen LogP contribution < -0.4 is 5.73 Å². The molecule has 1 aromatic carbocycles. The maximum absolute atomic E-state index is 12.0. The lowest BCUT2D eigenvalue weighted by molar-refractivity contribution is 0.463.